The Morgan fingerprint density at radius 2 is 0.734 bits per heavy atom. The summed E-state index contributed by atoms with van der Waals surface area (Å²) in [6.07, 6.45) is 69.6. The molecule has 2 heterocycles. The van der Waals surface area contributed by atoms with E-state index in [2.05, 4.69) is 79.9 Å². The van der Waals surface area contributed by atoms with Crippen LogP contribution in [0.3, 0.4) is 0 Å². The van der Waals surface area contributed by atoms with Crippen molar-refractivity contribution in [2.45, 2.75) is 421 Å². The lowest BCUT2D eigenvalue weighted by Gasteiger charge is -2.46. The standard InChI is InChI=1S/C80H147NO13/c1-3-5-7-9-11-13-15-17-19-21-23-25-27-29-31-33-34-36-38-40-42-44-46-48-50-52-54-56-58-60-62-64-72(85)81-68(67-91-79-77(90)75(88)78(71(66-83)93-79)94-80-76(89)74(87)73(86)70(65-82)92-80)69(84)63-61-59-57-55-53-51-49-47-45-43-41-39-37-35-32-30-28-26-24-22-20-18-16-14-12-10-8-6-4-2/h5,7,11,13,17,19,23,25,29,31,68-71,73-80,82-84,86-90H,3-4,6,8-10,12,14-16,18,20-22,24,26-28,30,32-67H2,1-2H3,(H,81,85)/b7-5-,13-11-,19-17-,25-23-,31-29-. The van der Waals surface area contributed by atoms with Gasteiger partial charge < -0.3 is 65.1 Å². The molecule has 2 rings (SSSR count). The third-order valence-corrected chi connectivity index (χ3v) is 19.2. The normalized spacial score (nSPS) is 22.7. The van der Waals surface area contributed by atoms with Crippen molar-refractivity contribution in [3.63, 3.8) is 0 Å². The molecular weight excluding hydrogens is 1180 g/mol. The van der Waals surface area contributed by atoms with Gasteiger partial charge in [0, 0.05) is 6.42 Å². The fraction of sp³-hybridized carbons (Fsp3) is 0.863. The third kappa shape index (κ3) is 46.9. The molecule has 2 aliphatic heterocycles. The van der Waals surface area contributed by atoms with Gasteiger partial charge in [-0.25, -0.2) is 0 Å². The van der Waals surface area contributed by atoms with E-state index < -0.39 is 86.8 Å². The first-order valence-electron chi connectivity index (χ1n) is 39.5. The van der Waals surface area contributed by atoms with Crippen LogP contribution in [0.4, 0.5) is 0 Å². The first-order chi connectivity index (χ1) is 46.1. The molecule has 0 bridgehead atoms. The Labute approximate surface area is 575 Å². The lowest BCUT2D eigenvalue weighted by Crippen LogP contribution is -2.65. The third-order valence-electron chi connectivity index (χ3n) is 19.2. The van der Waals surface area contributed by atoms with Crippen LogP contribution in [0, 0.1) is 0 Å². The molecule has 0 aliphatic carbocycles. The Balaban J connectivity index is 1.62. The van der Waals surface area contributed by atoms with Crippen LogP contribution in [-0.2, 0) is 23.7 Å². The van der Waals surface area contributed by atoms with Crippen molar-refractivity contribution in [3.8, 4) is 0 Å². The van der Waals surface area contributed by atoms with Crippen molar-refractivity contribution < 1.29 is 64.6 Å². The van der Waals surface area contributed by atoms with Crippen molar-refractivity contribution in [2.24, 2.45) is 0 Å². The summed E-state index contributed by atoms with van der Waals surface area (Å²) in [5.74, 6) is -0.203. The maximum Gasteiger partial charge on any atom is 0.220 e. The molecule has 0 radical (unpaired) electrons. The van der Waals surface area contributed by atoms with Gasteiger partial charge in [-0.1, -0.05) is 344 Å². The molecule has 94 heavy (non-hydrogen) atoms. The highest BCUT2D eigenvalue weighted by Crippen LogP contribution is 2.30. The van der Waals surface area contributed by atoms with Gasteiger partial charge in [-0.05, 0) is 57.8 Å². The van der Waals surface area contributed by atoms with E-state index in [1.165, 1.54) is 238 Å². The highest BCUT2D eigenvalue weighted by atomic mass is 16.7. The van der Waals surface area contributed by atoms with Gasteiger partial charge >= 0.3 is 0 Å². The molecule has 1 amide bonds. The number of rotatable bonds is 66. The summed E-state index contributed by atoms with van der Waals surface area (Å²) in [4.78, 5) is 13.4. The maximum atomic E-state index is 13.4. The minimum Gasteiger partial charge on any atom is -0.394 e. The number of allylic oxidation sites excluding steroid dienone is 10. The van der Waals surface area contributed by atoms with E-state index >= 15 is 0 Å². The van der Waals surface area contributed by atoms with Crippen molar-refractivity contribution in [2.75, 3.05) is 19.8 Å². The monoisotopic (exact) mass is 1330 g/mol. The number of nitrogens with one attached hydrogen (secondary N) is 1. The van der Waals surface area contributed by atoms with Crippen LogP contribution in [0.25, 0.3) is 0 Å². The van der Waals surface area contributed by atoms with E-state index in [0.29, 0.717) is 12.8 Å². The average molecular weight is 1330 g/mol. The van der Waals surface area contributed by atoms with Crippen molar-refractivity contribution >= 4 is 5.91 Å². The Morgan fingerprint density at radius 1 is 0.394 bits per heavy atom. The van der Waals surface area contributed by atoms with Crippen LogP contribution < -0.4 is 5.32 Å². The Kier molecular flexibility index (Phi) is 59.8. The second-order valence-electron chi connectivity index (χ2n) is 27.8. The van der Waals surface area contributed by atoms with Gasteiger partial charge in [-0.15, -0.1) is 0 Å². The smallest absolute Gasteiger partial charge is 0.220 e. The minimum atomic E-state index is -1.78. The second-order valence-corrected chi connectivity index (χ2v) is 27.8. The SMILES string of the molecule is CC/C=C\C/C=C\C/C=C\C/C=C\C/C=C\CCCCCCCCCCCCCCCCCC(=O)NC(COC1OC(CO)C(OC2OC(CO)C(O)C(O)C2O)C(O)C1O)C(O)CCCCCCCCCCCCCCCCCCCCCCCCCCCCCCC. The van der Waals surface area contributed by atoms with Gasteiger partial charge in [-0.2, -0.15) is 0 Å². The number of unbranched alkanes of at least 4 members (excludes halogenated alkanes) is 43. The van der Waals surface area contributed by atoms with Crippen LogP contribution in [0.5, 0.6) is 0 Å². The van der Waals surface area contributed by atoms with E-state index in [1.807, 2.05) is 0 Å². The average Bonchev–Trinajstić information content (AvgIpc) is 0.794. The van der Waals surface area contributed by atoms with E-state index in [-0.39, 0.29) is 12.5 Å². The predicted octanol–water partition coefficient (Wildman–Crippen LogP) is 17.6. The summed E-state index contributed by atoms with van der Waals surface area (Å²) < 4.78 is 23.0. The number of carbonyl (C=O) groups is 1. The zero-order valence-electron chi connectivity index (χ0n) is 60.2. The molecule has 14 heteroatoms. The maximum absolute atomic E-state index is 13.4. The molecule has 0 aromatic rings. The number of hydrogen-bond acceptors (Lipinski definition) is 13. The Morgan fingerprint density at radius 3 is 1.13 bits per heavy atom. The Bertz CT molecular complexity index is 1810. The molecule has 12 unspecified atom stereocenters. The number of aliphatic hydroxyl groups excluding tert-OH is 8. The summed E-state index contributed by atoms with van der Waals surface area (Å²) in [5.41, 5.74) is 0. The molecule has 0 spiro atoms. The lowest BCUT2D eigenvalue weighted by molar-refractivity contribution is -0.359. The number of aliphatic hydroxyl groups is 8. The van der Waals surface area contributed by atoms with Crippen molar-refractivity contribution in [3.05, 3.63) is 60.8 Å². The Hall–Kier alpha value is -2.31. The first kappa shape index (κ1) is 87.8. The molecule has 2 aliphatic rings. The molecule has 0 saturated carbocycles. The molecule has 14 nitrogen and oxygen atoms in total. The van der Waals surface area contributed by atoms with E-state index in [1.54, 1.807) is 0 Å². The van der Waals surface area contributed by atoms with Gasteiger partial charge in [0.25, 0.3) is 0 Å². The van der Waals surface area contributed by atoms with Crippen molar-refractivity contribution in [1.82, 2.24) is 5.32 Å². The predicted molar refractivity (Wildman–Crippen MR) is 387 cm³/mol. The largest absolute Gasteiger partial charge is 0.394 e. The zero-order chi connectivity index (χ0) is 68.0. The number of carbonyl (C=O) groups excluding carboxylic acids is 1. The second kappa shape index (κ2) is 64.1. The molecule has 2 saturated heterocycles. The highest BCUT2D eigenvalue weighted by molar-refractivity contribution is 5.76. The fourth-order valence-electron chi connectivity index (χ4n) is 13.0. The van der Waals surface area contributed by atoms with E-state index in [9.17, 15) is 45.6 Å². The summed E-state index contributed by atoms with van der Waals surface area (Å²) in [6, 6.07) is -0.833. The molecule has 12 atom stereocenters. The van der Waals surface area contributed by atoms with Crippen LogP contribution >= 0.6 is 0 Å². The number of ether oxygens (including phenoxy) is 4. The summed E-state index contributed by atoms with van der Waals surface area (Å²) in [7, 11) is 0. The van der Waals surface area contributed by atoms with E-state index in [4.69, 9.17) is 18.9 Å². The number of hydrogen-bond donors (Lipinski definition) is 9. The first-order valence-corrected chi connectivity index (χ1v) is 39.5. The molecular formula is C80H147NO13. The molecule has 2 fully saturated rings. The van der Waals surface area contributed by atoms with Gasteiger partial charge in [0.2, 0.25) is 5.91 Å². The molecule has 0 aromatic carbocycles. The zero-order valence-corrected chi connectivity index (χ0v) is 60.2. The van der Waals surface area contributed by atoms with Crippen LogP contribution in [0.1, 0.15) is 348 Å². The van der Waals surface area contributed by atoms with E-state index in [0.717, 1.165) is 83.5 Å². The number of amides is 1. The summed E-state index contributed by atoms with van der Waals surface area (Å²) in [6.45, 7) is 2.80. The quantitative estimate of drug-likeness (QED) is 0.0204. The minimum absolute atomic E-state index is 0.203. The summed E-state index contributed by atoms with van der Waals surface area (Å²) in [5, 5.41) is 87.9. The van der Waals surface area contributed by atoms with Crippen LogP contribution in [0.15, 0.2) is 60.8 Å². The van der Waals surface area contributed by atoms with Gasteiger partial charge in [-0.3, -0.25) is 4.79 Å². The molecule has 9 N–H and O–H groups in total. The molecule has 550 valence electrons. The van der Waals surface area contributed by atoms with Gasteiger partial charge in [0.1, 0.15) is 48.8 Å². The lowest BCUT2D eigenvalue weighted by atomic mass is 9.97. The fourth-order valence-corrected chi connectivity index (χ4v) is 13.0. The summed E-state index contributed by atoms with van der Waals surface area (Å²) >= 11 is 0. The molecule has 0 aromatic heterocycles. The highest BCUT2D eigenvalue weighted by Gasteiger charge is 2.51. The van der Waals surface area contributed by atoms with Crippen LogP contribution in [-0.4, -0.2) is 140 Å². The van der Waals surface area contributed by atoms with Crippen LogP contribution in [0.2, 0.25) is 0 Å². The topological polar surface area (TPSA) is 228 Å². The van der Waals surface area contributed by atoms with Gasteiger partial charge in [0.05, 0.1) is 32.0 Å². The van der Waals surface area contributed by atoms with Crippen molar-refractivity contribution in [1.29, 1.82) is 0 Å². The van der Waals surface area contributed by atoms with Gasteiger partial charge in [0.15, 0.2) is 12.6 Å².